The first-order valence-electron chi connectivity index (χ1n) is 24.1. The van der Waals surface area contributed by atoms with Crippen LogP contribution in [0, 0.1) is 68.1 Å². The van der Waals surface area contributed by atoms with Gasteiger partial charge in [-0.15, -0.1) is 0 Å². The Morgan fingerprint density at radius 3 is 1.20 bits per heavy atom. The van der Waals surface area contributed by atoms with Gasteiger partial charge >= 0.3 is 0 Å². The van der Waals surface area contributed by atoms with Crippen molar-refractivity contribution in [2.24, 2.45) is 47.3 Å². The van der Waals surface area contributed by atoms with Gasteiger partial charge in [-0.2, -0.15) is 0 Å². The fourth-order valence-corrected chi connectivity index (χ4v) is 19.2. The van der Waals surface area contributed by atoms with E-state index in [0.29, 0.717) is 6.71 Å². The molecule has 12 unspecified atom stereocenters. The third-order valence-corrected chi connectivity index (χ3v) is 21.1. The number of anilines is 4. The van der Waals surface area contributed by atoms with Crippen LogP contribution in [-0.4, -0.2) is 17.8 Å². The van der Waals surface area contributed by atoms with Crippen LogP contribution in [0.25, 0.3) is 0 Å². The lowest BCUT2D eigenvalue weighted by molar-refractivity contribution is -0.0770. The Bertz CT molecular complexity index is 2090. The summed E-state index contributed by atoms with van der Waals surface area (Å²) in [6.45, 7) is 19.0. The van der Waals surface area contributed by atoms with Gasteiger partial charge in [0.15, 0.2) is 0 Å². The molecule has 10 aliphatic rings. The minimum Gasteiger partial charge on any atom is -0.335 e. The molecule has 2 nitrogen and oxygen atoms in total. The standard InChI is InChI=1S/C53H67BN2/c1-30-24-41-48-43(26-30)54-44-27-31(2)25-42-49(44)56(53(7)40-23-15-11-19-36(40)34-17-9-13-21-38(34)51(42,53)5)46-29-32(3)28-45(47(46)54)55(48)52(6)39-22-14-10-18-35(39)33-16-8-12-20-37(33)50(41,52)4/h24-29,33-40H,8-23H2,1-7H3. The lowest BCUT2D eigenvalue weighted by atomic mass is 9.33. The Morgan fingerprint density at radius 2 is 0.786 bits per heavy atom. The third kappa shape index (κ3) is 3.55. The predicted molar refractivity (Wildman–Crippen MR) is 236 cm³/mol. The summed E-state index contributed by atoms with van der Waals surface area (Å²) in [5.41, 5.74) is 19.9. The largest absolute Gasteiger partial charge is 0.335 e. The smallest absolute Gasteiger partial charge is 0.252 e. The first-order valence-corrected chi connectivity index (χ1v) is 24.1. The Kier molecular flexibility index (Phi) is 6.67. The summed E-state index contributed by atoms with van der Waals surface area (Å²) in [6, 6.07) is 16.3. The van der Waals surface area contributed by atoms with Crippen molar-refractivity contribution in [2.75, 3.05) is 9.80 Å². The van der Waals surface area contributed by atoms with Crippen molar-refractivity contribution in [1.82, 2.24) is 0 Å². The van der Waals surface area contributed by atoms with Crippen molar-refractivity contribution >= 4 is 45.9 Å². The summed E-state index contributed by atoms with van der Waals surface area (Å²) >= 11 is 0. The van der Waals surface area contributed by atoms with E-state index in [0.717, 1.165) is 47.3 Å². The van der Waals surface area contributed by atoms with E-state index in [9.17, 15) is 0 Å². The van der Waals surface area contributed by atoms with Crippen molar-refractivity contribution in [3.8, 4) is 0 Å². The Morgan fingerprint density at radius 1 is 0.446 bits per heavy atom. The maximum atomic E-state index is 3.13. The molecule has 56 heavy (non-hydrogen) atoms. The minimum atomic E-state index is 0.0735. The van der Waals surface area contributed by atoms with Crippen LogP contribution < -0.4 is 26.2 Å². The Balaban J connectivity index is 1.13. The fraction of sp³-hybridized carbons (Fsp3) is 0.660. The second-order valence-corrected chi connectivity index (χ2v) is 22.7. The van der Waals surface area contributed by atoms with Gasteiger partial charge in [0.1, 0.15) is 0 Å². The SMILES string of the molecule is Cc1cc2c3c(c1)N1c4c(cc(C)cc4C4(C)C5CCCCC5C5CCCCC5C14C)B3c1cc(C)cc3c1N2C1(C)C2CCCCC2C2CCCCC2C31C. The number of nitrogens with zero attached hydrogens (tertiary/aromatic N) is 2. The molecule has 3 aromatic rings. The number of fused-ring (bicyclic) bond motifs is 20. The van der Waals surface area contributed by atoms with E-state index >= 15 is 0 Å². The zero-order valence-electron chi connectivity index (χ0n) is 35.9. The van der Waals surface area contributed by atoms with E-state index in [1.54, 1.807) is 50.3 Å². The molecule has 4 heterocycles. The number of rotatable bonds is 0. The highest BCUT2D eigenvalue weighted by Gasteiger charge is 2.74. The van der Waals surface area contributed by atoms with E-state index in [1.165, 1.54) is 119 Å². The van der Waals surface area contributed by atoms with Crippen LogP contribution in [0.15, 0.2) is 36.4 Å². The molecule has 12 atom stereocenters. The van der Waals surface area contributed by atoms with Crippen molar-refractivity contribution in [3.63, 3.8) is 0 Å². The van der Waals surface area contributed by atoms with Crippen molar-refractivity contribution in [1.29, 1.82) is 0 Å². The molecule has 0 aromatic heterocycles. The first-order chi connectivity index (χ1) is 27.0. The van der Waals surface area contributed by atoms with Crippen LogP contribution in [0.1, 0.15) is 158 Å². The average molecular weight is 743 g/mol. The summed E-state index contributed by atoms with van der Waals surface area (Å²) in [7, 11) is 0. The normalized spacial score (nSPS) is 43.0. The van der Waals surface area contributed by atoms with Gasteiger partial charge in [-0.3, -0.25) is 0 Å². The summed E-state index contributed by atoms with van der Waals surface area (Å²) in [6.07, 6.45) is 23.0. The van der Waals surface area contributed by atoms with Gasteiger partial charge < -0.3 is 9.80 Å². The Labute approximate surface area is 339 Å². The number of benzene rings is 3. The van der Waals surface area contributed by atoms with E-state index in [2.05, 4.69) is 94.7 Å². The highest BCUT2D eigenvalue weighted by Crippen LogP contribution is 2.74. The van der Waals surface area contributed by atoms with Crippen LogP contribution in [0.3, 0.4) is 0 Å². The molecule has 3 aromatic carbocycles. The topological polar surface area (TPSA) is 6.48 Å². The quantitative estimate of drug-likeness (QED) is 0.212. The van der Waals surface area contributed by atoms with Gasteiger partial charge in [0, 0.05) is 33.6 Å². The zero-order chi connectivity index (χ0) is 37.8. The van der Waals surface area contributed by atoms with Crippen LogP contribution >= 0.6 is 0 Å². The molecule has 292 valence electrons. The van der Waals surface area contributed by atoms with E-state index in [4.69, 9.17) is 0 Å². The first kappa shape index (κ1) is 34.2. The van der Waals surface area contributed by atoms with E-state index in [1.807, 2.05) is 0 Å². The number of hydrogen-bond donors (Lipinski definition) is 0. The second kappa shape index (κ2) is 10.9. The number of hydrogen-bond acceptors (Lipinski definition) is 2. The maximum Gasteiger partial charge on any atom is 0.252 e. The third-order valence-electron chi connectivity index (χ3n) is 21.1. The highest BCUT2D eigenvalue weighted by molar-refractivity contribution is 7.00. The summed E-state index contributed by atoms with van der Waals surface area (Å²) in [4.78, 5) is 6.27. The Hall–Kier alpha value is -2.68. The monoisotopic (exact) mass is 743 g/mol. The molecule has 0 radical (unpaired) electrons. The van der Waals surface area contributed by atoms with Gasteiger partial charge in [0.2, 0.25) is 0 Å². The fourth-order valence-electron chi connectivity index (χ4n) is 19.2. The molecular formula is C53H67BN2. The van der Waals surface area contributed by atoms with Crippen molar-refractivity contribution in [2.45, 2.75) is 173 Å². The molecule has 0 N–H and O–H groups in total. The van der Waals surface area contributed by atoms with E-state index < -0.39 is 0 Å². The molecule has 4 aliphatic heterocycles. The molecule has 0 spiro atoms. The predicted octanol–water partition coefficient (Wildman–Crippen LogP) is 11.3. The van der Waals surface area contributed by atoms with Crippen molar-refractivity contribution in [3.05, 3.63) is 64.2 Å². The van der Waals surface area contributed by atoms with Crippen LogP contribution in [0.2, 0.25) is 0 Å². The highest BCUT2D eigenvalue weighted by atomic mass is 15.3. The molecule has 6 aliphatic carbocycles. The average Bonchev–Trinajstić information content (AvgIpc) is 3.55. The molecule has 3 heteroatoms. The second-order valence-electron chi connectivity index (χ2n) is 22.7. The van der Waals surface area contributed by atoms with Gasteiger partial charge in [-0.25, -0.2) is 0 Å². The van der Waals surface area contributed by atoms with Gasteiger partial charge in [0.25, 0.3) is 6.71 Å². The lowest BCUT2D eigenvalue weighted by Crippen LogP contribution is -2.72. The maximum absolute atomic E-state index is 3.13. The summed E-state index contributed by atoms with van der Waals surface area (Å²) < 4.78 is 0. The molecule has 6 saturated carbocycles. The lowest BCUT2D eigenvalue weighted by Gasteiger charge is -2.66. The van der Waals surface area contributed by atoms with Crippen molar-refractivity contribution < 1.29 is 0 Å². The zero-order valence-corrected chi connectivity index (χ0v) is 35.9. The molecule has 0 saturated heterocycles. The van der Waals surface area contributed by atoms with E-state index in [-0.39, 0.29) is 21.9 Å². The summed E-state index contributed by atoms with van der Waals surface area (Å²) in [5.74, 6) is 6.59. The van der Waals surface area contributed by atoms with Gasteiger partial charge in [-0.05, 0) is 179 Å². The molecule has 0 amide bonds. The molecule has 6 fully saturated rings. The molecular weight excluding hydrogens is 675 g/mol. The van der Waals surface area contributed by atoms with Crippen LogP contribution in [-0.2, 0) is 10.8 Å². The molecule has 0 bridgehead atoms. The number of aryl methyl sites for hydroxylation is 3. The van der Waals surface area contributed by atoms with Gasteiger partial charge in [0.05, 0.1) is 11.1 Å². The minimum absolute atomic E-state index is 0.0735. The van der Waals surface area contributed by atoms with Crippen LogP contribution in [0.4, 0.5) is 22.7 Å². The summed E-state index contributed by atoms with van der Waals surface area (Å²) in [5, 5.41) is 0. The molecule has 13 rings (SSSR count). The van der Waals surface area contributed by atoms with Crippen LogP contribution in [0.5, 0.6) is 0 Å². The van der Waals surface area contributed by atoms with Gasteiger partial charge in [-0.1, -0.05) is 101 Å².